The van der Waals surface area contributed by atoms with Gasteiger partial charge in [-0.15, -0.1) is 5.10 Å². The fourth-order valence-corrected chi connectivity index (χ4v) is 1.20. The third kappa shape index (κ3) is 2.92. The van der Waals surface area contributed by atoms with Gasteiger partial charge in [0.15, 0.2) is 0 Å². The van der Waals surface area contributed by atoms with Crippen molar-refractivity contribution in [3.63, 3.8) is 0 Å². The van der Waals surface area contributed by atoms with Gasteiger partial charge in [0.2, 0.25) is 5.96 Å². The van der Waals surface area contributed by atoms with Gasteiger partial charge in [0.25, 0.3) is 0 Å². The molecule has 0 fully saturated rings. The smallest absolute Gasteiger partial charge is 0.208 e. The maximum Gasteiger partial charge on any atom is 0.208 e. The molecule has 1 aromatic carbocycles. The van der Waals surface area contributed by atoms with Gasteiger partial charge >= 0.3 is 0 Å². The van der Waals surface area contributed by atoms with Crippen LogP contribution in [0.25, 0.3) is 0 Å². The third-order valence-corrected chi connectivity index (χ3v) is 2.19. The van der Waals surface area contributed by atoms with Crippen LogP contribution in [0.1, 0.15) is 5.56 Å². The summed E-state index contributed by atoms with van der Waals surface area (Å²) in [6.45, 7) is 1.88. The van der Waals surface area contributed by atoms with Gasteiger partial charge in [0, 0.05) is 11.1 Å². The summed E-state index contributed by atoms with van der Waals surface area (Å²) in [4.78, 5) is 0. The van der Waals surface area contributed by atoms with Crippen LogP contribution in [0.3, 0.4) is 0 Å². The fourth-order valence-electron chi connectivity index (χ4n) is 1.04. The average molecular weight is 229 g/mol. The zero-order chi connectivity index (χ0) is 11.4. The average Bonchev–Trinajstić information content (AvgIpc) is 2.19. The SMILES string of the molecule is COc1cc(Cl)c(C)cc1NN=C(N)N. The topological polar surface area (TPSA) is 85.7 Å². The number of benzene rings is 1. The van der Waals surface area contributed by atoms with E-state index in [0.29, 0.717) is 16.5 Å². The first-order valence-electron chi connectivity index (χ1n) is 4.23. The lowest BCUT2D eigenvalue weighted by molar-refractivity contribution is 0.416. The standard InChI is InChI=1S/C9H13ClN4O/c1-5-3-7(13-14-9(11)12)8(15-2)4-6(5)10/h3-4,13H,1-2H3,(H4,11,12,14). The molecule has 0 heterocycles. The van der Waals surface area contributed by atoms with Crippen LogP contribution in [-0.2, 0) is 0 Å². The van der Waals surface area contributed by atoms with Crippen LogP contribution in [0.15, 0.2) is 17.2 Å². The molecule has 15 heavy (non-hydrogen) atoms. The van der Waals surface area contributed by atoms with E-state index < -0.39 is 0 Å². The molecule has 0 bridgehead atoms. The second kappa shape index (κ2) is 4.75. The van der Waals surface area contributed by atoms with Crippen molar-refractivity contribution in [2.24, 2.45) is 16.6 Å². The number of rotatable bonds is 3. The summed E-state index contributed by atoms with van der Waals surface area (Å²) >= 11 is 5.93. The molecular formula is C9H13ClN4O. The van der Waals surface area contributed by atoms with Crippen molar-refractivity contribution in [2.45, 2.75) is 6.92 Å². The van der Waals surface area contributed by atoms with E-state index in [2.05, 4.69) is 10.5 Å². The highest BCUT2D eigenvalue weighted by Crippen LogP contribution is 2.30. The summed E-state index contributed by atoms with van der Waals surface area (Å²) in [6, 6.07) is 3.50. The Bertz CT molecular complexity index is 388. The number of guanidine groups is 1. The summed E-state index contributed by atoms with van der Waals surface area (Å²) in [5.74, 6) is 0.528. The number of nitrogens with one attached hydrogen (secondary N) is 1. The number of hydrogen-bond acceptors (Lipinski definition) is 3. The molecule has 82 valence electrons. The van der Waals surface area contributed by atoms with Crippen molar-refractivity contribution in [1.29, 1.82) is 0 Å². The van der Waals surface area contributed by atoms with Crippen molar-refractivity contribution >= 4 is 23.2 Å². The number of aryl methyl sites for hydroxylation is 1. The lowest BCUT2D eigenvalue weighted by Crippen LogP contribution is -2.24. The molecule has 0 aliphatic rings. The first-order chi connectivity index (χ1) is 7.04. The minimum absolute atomic E-state index is 0.0512. The Kier molecular flexibility index (Phi) is 3.62. The predicted octanol–water partition coefficient (Wildman–Crippen LogP) is 1.26. The number of halogens is 1. The molecule has 0 aliphatic heterocycles. The summed E-state index contributed by atoms with van der Waals surface area (Å²) in [5, 5.41) is 4.30. The number of anilines is 1. The molecule has 0 aliphatic carbocycles. The summed E-state index contributed by atoms with van der Waals surface area (Å²) in [6.07, 6.45) is 0. The van der Waals surface area contributed by atoms with Gasteiger partial charge in [-0.3, -0.25) is 5.43 Å². The molecule has 1 aromatic rings. The number of nitrogens with zero attached hydrogens (tertiary/aromatic N) is 1. The molecule has 1 rings (SSSR count). The predicted molar refractivity (Wildman–Crippen MR) is 62.2 cm³/mol. The molecule has 5 N–H and O–H groups in total. The Hall–Kier alpha value is -1.62. The van der Waals surface area contributed by atoms with Crippen LogP contribution in [-0.4, -0.2) is 13.1 Å². The number of methoxy groups -OCH3 is 1. The van der Waals surface area contributed by atoms with E-state index in [1.807, 2.05) is 6.92 Å². The molecule has 0 spiro atoms. The Labute approximate surface area is 93.0 Å². The van der Waals surface area contributed by atoms with Gasteiger partial charge < -0.3 is 16.2 Å². The molecule has 0 saturated heterocycles. The second-order valence-electron chi connectivity index (χ2n) is 2.95. The molecule has 5 nitrogen and oxygen atoms in total. The van der Waals surface area contributed by atoms with E-state index in [-0.39, 0.29) is 5.96 Å². The third-order valence-electron chi connectivity index (χ3n) is 1.79. The van der Waals surface area contributed by atoms with E-state index in [4.69, 9.17) is 27.8 Å². The Morgan fingerprint density at radius 3 is 2.67 bits per heavy atom. The lowest BCUT2D eigenvalue weighted by atomic mass is 10.2. The van der Waals surface area contributed by atoms with Crippen LogP contribution in [0, 0.1) is 6.92 Å². The van der Waals surface area contributed by atoms with Gasteiger partial charge in [0.05, 0.1) is 12.8 Å². The zero-order valence-corrected chi connectivity index (χ0v) is 9.30. The number of hydrogen-bond donors (Lipinski definition) is 3. The maximum atomic E-state index is 5.93. The highest BCUT2D eigenvalue weighted by molar-refractivity contribution is 6.31. The number of nitrogens with two attached hydrogens (primary N) is 2. The van der Waals surface area contributed by atoms with Crippen LogP contribution in [0.5, 0.6) is 5.75 Å². The van der Waals surface area contributed by atoms with Gasteiger partial charge in [0.1, 0.15) is 5.75 Å². The molecule has 0 saturated carbocycles. The van der Waals surface area contributed by atoms with Crippen molar-refractivity contribution in [3.8, 4) is 5.75 Å². The van der Waals surface area contributed by atoms with Crippen LogP contribution < -0.4 is 21.6 Å². The molecule has 0 aromatic heterocycles. The van der Waals surface area contributed by atoms with E-state index >= 15 is 0 Å². The summed E-state index contributed by atoms with van der Waals surface area (Å²) in [7, 11) is 1.54. The lowest BCUT2D eigenvalue weighted by Gasteiger charge is -2.10. The fraction of sp³-hybridized carbons (Fsp3) is 0.222. The monoisotopic (exact) mass is 228 g/mol. The highest BCUT2D eigenvalue weighted by atomic mass is 35.5. The van der Waals surface area contributed by atoms with Crippen molar-refractivity contribution in [1.82, 2.24) is 0 Å². The number of hydrazone groups is 1. The van der Waals surface area contributed by atoms with Gasteiger partial charge in [-0.05, 0) is 18.6 Å². The summed E-state index contributed by atoms with van der Waals surface area (Å²) < 4.78 is 5.12. The van der Waals surface area contributed by atoms with E-state index in [9.17, 15) is 0 Å². The van der Waals surface area contributed by atoms with E-state index in [1.165, 1.54) is 0 Å². The minimum atomic E-state index is -0.0512. The van der Waals surface area contributed by atoms with E-state index in [1.54, 1.807) is 19.2 Å². The van der Waals surface area contributed by atoms with Crippen LogP contribution in [0.2, 0.25) is 5.02 Å². The van der Waals surface area contributed by atoms with Crippen molar-refractivity contribution < 1.29 is 4.74 Å². The molecule has 0 unspecified atom stereocenters. The summed E-state index contributed by atoms with van der Waals surface area (Å²) in [5.41, 5.74) is 14.7. The second-order valence-corrected chi connectivity index (χ2v) is 3.36. The van der Waals surface area contributed by atoms with Crippen LogP contribution >= 0.6 is 11.6 Å². The quantitative estimate of drug-likeness (QED) is 0.413. The van der Waals surface area contributed by atoms with E-state index in [0.717, 1.165) is 5.56 Å². The minimum Gasteiger partial charge on any atom is -0.494 e. The highest BCUT2D eigenvalue weighted by Gasteiger charge is 2.05. The molecular weight excluding hydrogens is 216 g/mol. The molecule has 0 amide bonds. The zero-order valence-electron chi connectivity index (χ0n) is 8.54. The molecule has 0 radical (unpaired) electrons. The van der Waals surface area contributed by atoms with Crippen molar-refractivity contribution in [2.75, 3.05) is 12.5 Å². The Balaban J connectivity index is 3.05. The Morgan fingerprint density at radius 1 is 1.47 bits per heavy atom. The first-order valence-corrected chi connectivity index (χ1v) is 4.61. The molecule has 6 heteroatoms. The van der Waals surface area contributed by atoms with Gasteiger partial charge in [-0.1, -0.05) is 11.6 Å². The van der Waals surface area contributed by atoms with Gasteiger partial charge in [-0.25, -0.2) is 0 Å². The number of ether oxygens (including phenoxy) is 1. The Morgan fingerprint density at radius 2 is 2.13 bits per heavy atom. The largest absolute Gasteiger partial charge is 0.494 e. The maximum absolute atomic E-state index is 5.93. The normalized spacial score (nSPS) is 9.53. The van der Waals surface area contributed by atoms with Crippen molar-refractivity contribution in [3.05, 3.63) is 22.7 Å². The molecule has 0 atom stereocenters. The first kappa shape index (κ1) is 11.5. The van der Waals surface area contributed by atoms with Crippen LogP contribution in [0.4, 0.5) is 5.69 Å². The van der Waals surface area contributed by atoms with Gasteiger partial charge in [-0.2, -0.15) is 0 Å².